The first kappa shape index (κ1) is 24.8. The van der Waals surface area contributed by atoms with Gasteiger partial charge in [-0.05, 0) is 60.9 Å². The summed E-state index contributed by atoms with van der Waals surface area (Å²) in [6.45, 7) is 4.05. The molecule has 3 rings (SSSR count). The molecule has 0 saturated heterocycles. The van der Waals surface area contributed by atoms with Crippen molar-refractivity contribution in [2.45, 2.75) is 33.3 Å². The summed E-state index contributed by atoms with van der Waals surface area (Å²) < 4.78 is 38.1. The molecule has 0 radical (unpaired) electrons. The number of aromatic nitrogens is 2. The second-order valence-electron chi connectivity index (χ2n) is 7.51. The summed E-state index contributed by atoms with van der Waals surface area (Å²) in [5.74, 6) is -0.423. The number of nitrogens with zero attached hydrogens (tertiary/aromatic N) is 2. The highest BCUT2D eigenvalue weighted by atomic mass is 31.2. The SMILES string of the molecule is CCOP(=O)(CC)OCc1ccc(NC(=O)CCc2cnn(C)c2-c2ccc(F)cc2)cc1. The number of hydrogen-bond acceptors (Lipinski definition) is 5. The van der Waals surface area contributed by atoms with E-state index in [4.69, 9.17) is 9.05 Å². The number of carbonyl (C=O) groups excluding carboxylic acids is 1. The van der Waals surface area contributed by atoms with Crippen LogP contribution in [0.4, 0.5) is 10.1 Å². The van der Waals surface area contributed by atoms with Crippen LogP contribution in [0.3, 0.4) is 0 Å². The zero-order valence-electron chi connectivity index (χ0n) is 19.1. The quantitative estimate of drug-likeness (QED) is 0.369. The number of rotatable bonds is 11. The van der Waals surface area contributed by atoms with Crippen molar-refractivity contribution < 1.29 is 22.8 Å². The lowest BCUT2D eigenvalue weighted by molar-refractivity contribution is -0.116. The van der Waals surface area contributed by atoms with Crippen molar-refractivity contribution in [3.05, 3.63) is 71.7 Å². The highest BCUT2D eigenvalue weighted by Gasteiger charge is 2.21. The van der Waals surface area contributed by atoms with Gasteiger partial charge in [0.05, 0.1) is 25.1 Å². The summed E-state index contributed by atoms with van der Waals surface area (Å²) in [5, 5.41) is 7.17. The van der Waals surface area contributed by atoms with Crippen LogP contribution in [0.15, 0.2) is 54.7 Å². The van der Waals surface area contributed by atoms with Crippen LogP contribution in [0.25, 0.3) is 11.3 Å². The lowest BCUT2D eigenvalue weighted by Gasteiger charge is -2.16. The van der Waals surface area contributed by atoms with Gasteiger partial charge in [-0.25, -0.2) is 4.39 Å². The van der Waals surface area contributed by atoms with Crippen LogP contribution in [0, 0.1) is 5.82 Å². The molecule has 7 nitrogen and oxygen atoms in total. The van der Waals surface area contributed by atoms with Crippen molar-refractivity contribution in [1.29, 1.82) is 0 Å². The van der Waals surface area contributed by atoms with Crippen LogP contribution in [-0.4, -0.2) is 28.5 Å². The van der Waals surface area contributed by atoms with Gasteiger partial charge >= 0.3 is 7.60 Å². The van der Waals surface area contributed by atoms with Gasteiger partial charge in [-0.2, -0.15) is 5.10 Å². The molecule has 1 atom stereocenters. The molecule has 0 aliphatic carbocycles. The van der Waals surface area contributed by atoms with Crippen LogP contribution < -0.4 is 5.32 Å². The summed E-state index contributed by atoms with van der Waals surface area (Å²) in [5.41, 5.74) is 4.13. The van der Waals surface area contributed by atoms with Gasteiger partial charge in [0.25, 0.3) is 0 Å². The fourth-order valence-electron chi connectivity index (χ4n) is 3.39. The molecule has 0 fully saturated rings. The number of aryl methyl sites for hydroxylation is 2. The summed E-state index contributed by atoms with van der Waals surface area (Å²) >= 11 is 0. The maximum atomic E-state index is 13.3. The Hall–Kier alpha value is -2.80. The zero-order valence-corrected chi connectivity index (χ0v) is 20.0. The minimum Gasteiger partial charge on any atom is -0.326 e. The molecular weight excluding hydrogens is 444 g/mol. The highest BCUT2D eigenvalue weighted by molar-refractivity contribution is 7.53. The fourth-order valence-corrected chi connectivity index (χ4v) is 4.57. The number of amides is 1. The maximum Gasteiger partial charge on any atom is 0.330 e. The van der Waals surface area contributed by atoms with E-state index >= 15 is 0 Å². The topological polar surface area (TPSA) is 82.4 Å². The van der Waals surface area contributed by atoms with Gasteiger partial charge in [0.15, 0.2) is 0 Å². The monoisotopic (exact) mass is 473 g/mol. The third-order valence-electron chi connectivity index (χ3n) is 5.13. The van der Waals surface area contributed by atoms with Gasteiger partial charge in [0.1, 0.15) is 5.82 Å². The van der Waals surface area contributed by atoms with Crippen molar-refractivity contribution in [2.24, 2.45) is 7.05 Å². The molecule has 0 aliphatic heterocycles. The predicted molar refractivity (Wildman–Crippen MR) is 127 cm³/mol. The Morgan fingerprint density at radius 1 is 1.09 bits per heavy atom. The molecule has 1 amide bonds. The Labute approximate surface area is 193 Å². The van der Waals surface area contributed by atoms with E-state index < -0.39 is 7.60 Å². The van der Waals surface area contributed by atoms with E-state index in [1.807, 2.05) is 19.2 Å². The molecule has 0 aliphatic rings. The lowest BCUT2D eigenvalue weighted by atomic mass is 10.0. The fraction of sp³-hybridized carbons (Fsp3) is 0.333. The standard InChI is InChI=1S/C24H29FN3O4P/c1-4-31-33(30,5-2)32-17-18-6-13-22(14-7-18)27-23(29)15-10-20-16-26-28(3)24(20)19-8-11-21(25)12-9-19/h6-9,11-14,16H,4-5,10,15,17H2,1-3H3,(H,27,29). The first-order valence-electron chi connectivity index (χ1n) is 10.9. The smallest absolute Gasteiger partial charge is 0.326 e. The minimum atomic E-state index is -3.06. The highest BCUT2D eigenvalue weighted by Crippen LogP contribution is 2.48. The molecule has 1 N–H and O–H groups in total. The van der Waals surface area contributed by atoms with Crippen molar-refractivity contribution in [3.8, 4) is 11.3 Å². The van der Waals surface area contributed by atoms with Gasteiger partial charge in [-0.1, -0.05) is 19.1 Å². The van der Waals surface area contributed by atoms with Gasteiger partial charge in [0, 0.05) is 30.9 Å². The molecule has 0 spiro atoms. The third-order valence-corrected chi connectivity index (χ3v) is 7.08. The van der Waals surface area contributed by atoms with Gasteiger partial charge < -0.3 is 14.4 Å². The molecule has 176 valence electrons. The van der Waals surface area contributed by atoms with E-state index in [2.05, 4.69) is 10.4 Å². The number of benzene rings is 2. The summed E-state index contributed by atoms with van der Waals surface area (Å²) in [6.07, 6.45) is 2.83. The molecule has 2 aromatic carbocycles. The van der Waals surface area contributed by atoms with E-state index in [1.165, 1.54) is 12.1 Å². The van der Waals surface area contributed by atoms with Crippen molar-refractivity contribution in [2.75, 3.05) is 18.1 Å². The van der Waals surface area contributed by atoms with Crippen molar-refractivity contribution in [1.82, 2.24) is 9.78 Å². The molecule has 33 heavy (non-hydrogen) atoms. The lowest BCUT2D eigenvalue weighted by Crippen LogP contribution is -2.12. The third kappa shape index (κ3) is 6.84. The van der Waals surface area contributed by atoms with Crippen molar-refractivity contribution in [3.63, 3.8) is 0 Å². The summed E-state index contributed by atoms with van der Waals surface area (Å²) in [4.78, 5) is 12.5. The van der Waals surface area contributed by atoms with E-state index in [0.29, 0.717) is 24.9 Å². The Balaban J connectivity index is 1.55. The second-order valence-corrected chi connectivity index (χ2v) is 9.88. The Morgan fingerprint density at radius 2 is 1.79 bits per heavy atom. The summed E-state index contributed by atoms with van der Waals surface area (Å²) in [7, 11) is -1.24. The Bertz CT molecular complexity index is 1110. The normalized spacial score (nSPS) is 13.0. The second kappa shape index (κ2) is 11.4. The zero-order chi connectivity index (χ0) is 23.8. The first-order chi connectivity index (χ1) is 15.8. The van der Waals surface area contributed by atoms with Crippen LogP contribution in [0.1, 0.15) is 31.4 Å². The molecule has 1 unspecified atom stereocenters. The van der Waals surface area contributed by atoms with E-state index in [-0.39, 0.29) is 24.8 Å². The number of hydrogen-bond donors (Lipinski definition) is 1. The van der Waals surface area contributed by atoms with E-state index in [9.17, 15) is 13.8 Å². The van der Waals surface area contributed by atoms with Gasteiger partial charge in [0.2, 0.25) is 5.91 Å². The molecule has 0 saturated carbocycles. The molecule has 3 aromatic rings. The Morgan fingerprint density at radius 3 is 2.42 bits per heavy atom. The number of anilines is 1. The summed E-state index contributed by atoms with van der Waals surface area (Å²) in [6, 6.07) is 13.4. The predicted octanol–water partition coefficient (Wildman–Crippen LogP) is 5.56. The van der Waals surface area contributed by atoms with Crippen molar-refractivity contribution >= 4 is 19.2 Å². The number of nitrogens with one attached hydrogen (secondary N) is 1. The van der Waals surface area contributed by atoms with Crippen LogP contribution in [-0.2, 0) is 38.5 Å². The average molecular weight is 473 g/mol. The molecule has 9 heteroatoms. The number of carbonyl (C=O) groups is 1. The largest absolute Gasteiger partial charge is 0.330 e. The van der Waals surface area contributed by atoms with E-state index in [0.717, 1.165) is 22.4 Å². The Kier molecular flexibility index (Phi) is 8.55. The van der Waals surface area contributed by atoms with Crippen LogP contribution in [0.5, 0.6) is 0 Å². The average Bonchev–Trinajstić information content (AvgIpc) is 3.18. The molecule has 0 bridgehead atoms. The molecule has 1 aromatic heterocycles. The first-order valence-corrected chi connectivity index (χ1v) is 12.6. The van der Waals surface area contributed by atoms with Crippen LogP contribution in [0.2, 0.25) is 0 Å². The van der Waals surface area contributed by atoms with E-state index in [1.54, 1.807) is 49.0 Å². The minimum absolute atomic E-state index is 0.125. The van der Waals surface area contributed by atoms with Crippen LogP contribution >= 0.6 is 7.60 Å². The molecular formula is C24H29FN3O4P. The maximum absolute atomic E-state index is 13.3. The van der Waals surface area contributed by atoms with Gasteiger partial charge in [-0.3, -0.25) is 14.0 Å². The number of halogens is 1. The van der Waals surface area contributed by atoms with Gasteiger partial charge in [-0.15, -0.1) is 0 Å². The molecule has 1 heterocycles.